The zero-order chi connectivity index (χ0) is 17.9. The van der Waals surface area contributed by atoms with E-state index in [1.54, 1.807) is 6.20 Å². The van der Waals surface area contributed by atoms with Crippen LogP contribution in [0, 0.1) is 6.92 Å². The summed E-state index contributed by atoms with van der Waals surface area (Å²) in [5, 5.41) is 7.81. The van der Waals surface area contributed by atoms with Gasteiger partial charge in [-0.1, -0.05) is 12.1 Å². The van der Waals surface area contributed by atoms with Crippen LogP contribution in [0.3, 0.4) is 0 Å². The second-order valence-corrected chi connectivity index (χ2v) is 7.18. The zero-order valence-corrected chi connectivity index (χ0v) is 15.3. The van der Waals surface area contributed by atoms with Crippen LogP contribution in [-0.4, -0.2) is 42.1 Å². The summed E-state index contributed by atoms with van der Waals surface area (Å²) >= 11 is 0. The number of anilines is 1. The maximum atomic E-state index is 13.3. The third-order valence-electron chi connectivity index (χ3n) is 5.21. The number of hydrogen-bond acceptors (Lipinski definition) is 5. The van der Waals surface area contributed by atoms with Crippen molar-refractivity contribution in [3.8, 4) is 11.4 Å². The van der Waals surface area contributed by atoms with Crippen LogP contribution in [0.15, 0.2) is 35.3 Å². The first-order chi connectivity index (χ1) is 12.7. The van der Waals surface area contributed by atoms with Crippen LogP contribution in [0.2, 0.25) is 0 Å². The average Bonchev–Trinajstić information content (AvgIpc) is 3.17. The van der Waals surface area contributed by atoms with Crippen molar-refractivity contribution in [2.45, 2.75) is 38.7 Å². The van der Waals surface area contributed by atoms with Crippen LogP contribution in [0.1, 0.15) is 31.2 Å². The van der Waals surface area contributed by atoms with Crippen molar-refractivity contribution in [1.29, 1.82) is 0 Å². The lowest BCUT2D eigenvalue weighted by Crippen LogP contribution is -2.44. The molecular formula is C20H26N4O2. The number of nitrogens with one attached hydrogen (secondary N) is 1. The van der Waals surface area contributed by atoms with E-state index in [1.807, 2.05) is 31.2 Å². The van der Waals surface area contributed by atoms with E-state index in [0.29, 0.717) is 5.75 Å². The van der Waals surface area contributed by atoms with E-state index in [0.717, 1.165) is 56.0 Å². The Morgan fingerprint density at radius 2 is 1.96 bits per heavy atom. The predicted molar refractivity (Wildman–Crippen MR) is 103 cm³/mol. The Labute approximate surface area is 153 Å². The standard InChI is InChI=1S/C20H26N4O2/c1-15-5-4-6-16(13-15)24-20(25)19(26-17-7-2-3-8-17)18(14-22-24)23-11-9-21-10-12-23/h4-6,13-14,17,21H,2-3,7-12H2,1H3. The number of rotatable bonds is 4. The maximum Gasteiger partial charge on any atom is 0.316 e. The molecule has 0 atom stereocenters. The predicted octanol–water partition coefficient (Wildman–Crippen LogP) is 2.27. The van der Waals surface area contributed by atoms with Crippen LogP contribution in [-0.2, 0) is 0 Å². The molecule has 2 fully saturated rings. The van der Waals surface area contributed by atoms with Gasteiger partial charge in [-0.25, -0.2) is 0 Å². The number of piperazine rings is 1. The fraction of sp³-hybridized carbons (Fsp3) is 0.500. The second-order valence-electron chi connectivity index (χ2n) is 7.18. The molecule has 1 saturated heterocycles. The van der Waals surface area contributed by atoms with Crippen molar-refractivity contribution in [2.75, 3.05) is 31.1 Å². The minimum atomic E-state index is -0.168. The minimum Gasteiger partial charge on any atom is -0.483 e. The molecule has 1 aliphatic heterocycles. The molecule has 0 bridgehead atoms. The lowest BCUT2D eigenvalue weighted by Gasteiger charge is -2.31. The molecular weight excluding hydrogens is 328 g/mol. The molecule has 0 amide bonds. The van der Waals surface area contributed by atoms with Crippen LogP contribution in [0.5, 0.6) is 5.75 Å². The average molecular weight is 354 g/mol. The lowest BCUT2D eigenvalue weighted by atomic mass is 10.2. The molecule has 26 heavy (non-hydrogen) atoms. The smallest absolute Gasteiger partial charge is 0.316 e. The highest BCUT2D eigenvalue weighted by Crippen LogP contribution is 2.29. The molecule has 2 aromatic rings. The Hall–Kier alpha value is -2.34. The van der Waals surface area contributed by atoms with E-state index in [9.17, 15) is 4.79 Å². The summed E-state index contributed by atoms with van der Waals surface area (Å²) in [5.74, 6) is 0.454. The molecule has 0 radical (unpaired) electrons. The van der Waals surface area contributed by atoms with Crippen molar-refractivity contribution >= 4 is 5.69 Å². The molecule has 2 aliphatic rings. The number of nitrogens with zero attached hydrogens (tertiary/aromatic N) is 3. The normalized spacial score (nSPS) is 18.3. The van der Waals surface area contributed by atoms with Gasteiger partial charge in [-0.15, -0.1) is 0 Å². The first kappa shape index (κ1) is 17.1. The largest absolute Gasteiger partial charge is 0.483 e. The number of benzene rings is 1. The van der Waals surface area contributed by atoms with Gasteiger partial charge in [0.2, 0.25) is 5.75 Å². The molecule has 4 rings (SSSR count). The summed E-state index contributed by atoms with van der Waals surface area (Å²) in [6.07, 6.45) is 6.31. The van der Waals surface area contributed by atoms with Crippen LogP contribution in [0.4, 0.5) is 5.69 Å². The molecule has 1 saturated carbocycles. The van der Waals surface area contributed by atoms with E-state index in [2.05, 4.69) is 15.3 Å². The first-order valence-corrected chi connectivity index (χ1v) is 9.54. The van der Waals surface area contributed by atoms with Gasteiger partial charge in [-0.05, 0) is 50.3 Å². The molecule has 138 valence electrons. The number of ether oxygens (including phenoxy) is 1. The molecule has 1 aromatic heterocycles. The van der Waals surface area contributed by atoms with Gasteiger partial charge < -0.3 is 15.0 Å². The summed E-state index contributed by atoms with van der Waals surface area (Å²) in [5.41, 5.74) is 2.53. The number of hydrogen-bond donors (Lipinski definition) is 1. The van der Waals surface area contributed by atoms with Gasteiger partial charge in [0.25, 0.3) is 0 Å². The number of aromatic nitrogens is 2. The quantitative estimate of drug-likeness (QED) is 0.913. The van der Waals surface area contributed by atoms with E-state index < -0.39 is 0 Å². The molecule has 0 unspecified atom stereocenters. The van der Waals surface area contributed by atoms with Crippen LogP contribution < -0.4 is 20.5 Å². The first-order valence-electron chi connectivity index (χ1n) is 9.54. The summed E-state index contributed by atoms with van der Waals surface area (Å²) in [6, 6.07) is 7.84. The Morgan fingerprint density at radius 3 is 2.69 bits per heavy atom. The SMILES string of the molecule is Cc1cccc(-n2ncc(N3CCNCC3)c(OC3CCCC3)c2=O)c1. The topological polar surface area (TPSA) is 59.4 Å². The Balaban J connectivity index is 1.76. The van der Waals surface area contributed by atoms with Crippen molar-refractivity contribution in [1.82, 2.24) is 15.1 Å². The van der Waals surface area contributed by atoms with Gasteiger partial charge >= 0.3 is 5.56 Å². The van der Waals surface area contributed by atoms with E-state index in [4.69, 9.17) is 4.74 Å². The van der Waals surface area contributed by atoms with Crippen molar-refractivity contribution in [3.05, 3.63) is 46.4 Å². The van der Waals surface area contributed by atoms with Crippen molar-refractivity contribution < 1.29 is 4.74 Å². The molecule has 1 N–H and O–H groups in total. The van der Waals surface area contributed by atoms with Crippen LogP contribution in [0.25, 0.3) is 5.69 Å². The Bertz CT molecular complexity index is 821. The third kappa shape index (κ3) is 3.46. The summed E-state index contributed by atoms with van der Waals surface area (Å²) in [6.45, 7) is 5.54. The van der Waals surface area contributed by atoms with Gasteiger partial charge in [0.15, 0.2) is 0 Å². The monoisotopic (exact) mass is 354 g/mol. The van der Waals surface area contributed by atoms with Gasteiger partial charge in [0.1, 0.15) is 5.69 Å². The number of aryl methyl sites for hydroxylation is 1. The summed E-state index contributed by atoms with van der Waals surface area (Å²) in [4.78, 5) is 15.5. The highest BCUT2D eigenvalue weighted by molar-refractivity contribution is 5.57. The minimum absolute atomic E-state index is 0.137. The summed E-state index contributed by atoms with van der Waals surface area (Å²) in [7, 11) is 0. The highest BCUT2D eigenvalue weighted by atomic mass is 16.5. The Kier molecular flexibility index (Phi) is 4.93. The molecule has 1 aliphatic carbocycles. The van der Waals surface area contributed by atoms with Gasteiger partial charge in [0, 0.05) is 26.2 Å². The molecule has 1 aromatic carbocycles. The van der Waals surface area contributed by atoms with Gasteiger partial charge in [0.05, 0.1) is 18.0 Å². The van der Waals surface area contributed by atoms with E-state index >= 15 is 0 Å². The van der Waals surface area contributed by atoms with Gasteiger partial charge in [-0.2, -0.15) is 9.78 Å². The third-order valence-corrected chi connectivity index (χ3v) is 5.21. The fourth-order valence-electron chi connectivity index (χ4n) is 3.79. The molecule has 6 nitrogen and oxygen atoms in total. The van der Waals surface area contributed by atoms with E-state index in [-0.39, 0.29) is 11.7 Å². The molecule has 2 heterocycles. The summed E-state index contributed by atoms with van der Waals surface area (Å²) < 4.78 is 7.71. The van der Waals surface area contributed by atoms with E-state index in [1.165, 1.54) is 17.5 Å². The second kappa shape index (κ2) is 7.50. The fourth-order valence-corrected chi connectivity index (χ4v) is 3.79. The van der Waals surface area contributed by atoms with Crippen LogP contribution >= 0.6 is 0 Å². The van der Waals surface area contributed by atoms with Crippen molar-refractivity contribution in [2.24, 2.45) is 0 Å². The Morgan fingerprint density at radius 1 is 1.19 bits per heavy atom. The van der Waals surface area contributed by atoms with Crippen molar-refractivity contribution in [3.63, 3.8) is 0 Å². The van der Waals surface area contributed by atoms with Gasteiger partial charge in [-0.3, -0.25) is 4.79 Å². The lowest BCUT2D eigenvalue weighted by molar-refractivity contribution is 0.206. The zero-order valence-electron chi connectivity index (χ0n) is 15.3. The molecule has 0 spiro atoms. The maximum absolute atomic E-state index is 13.3. The molecule has 6 heteroatoms. The highest BCUT2D eigenvalue weighted by Gasteiger charge is 2.25.